The molecule has 0 atom stereocenters. The highest BCUT2D eigenvalue weighted by Crippen LogP contribution is 2.38. The number of ether oxygens (including phenoxy) is 3. The third kappa shape index (κ3) is 4.89. The van der Waals surface area contributed by atoms with Crippen LogP contribution in [0.4, 0.5) is 0 Å². The highest BCUT2D eigenvalue weighted by Gasteiger charge is 2.29. The Kier molecular flexibility index (Phi) is 6.98. The van der Waals surface area contributed by atoms with Crippen molar-refractivity contribution in [2.75, 3.05) is 21.3 Å². The summed E-state index contributed by atoms with van der Waals surface area (Å²) < 4.78 is 16.1. The zero-order chi connectivity index (χ0) is 22.3. The quantitative estimate of drug-likeness (QED) is 0.535. The summed E-state index contributed by atoms with van der Waals surface area (Å²) in [6.45, 7) is 2.00. The fraction of sp³-hybridized carbons (Fsp3) is 0.192. The maximum atomic E-state index is 12.9. The van der Waals surface area contributed by atoms with Crippen molar-refractivity contribution in [1.82, 2.24) is 5.32 Å². The van der Waals surface area contributed by atoms with Gasteiger partial charge in [-0.3, -0.25) is 4.79 Å². The number of rotatable bonds is 8. The smallest absolute Gasteiger partial charge is 0.244 e. The van der Waals surface area contributed by atoms with Crippen molar-refractivity contribution in [3.63, 3.8) is 0 Å². The van der Waals surface area contributed by atoms with Gasteiger partial charge in [0.1, 0.15) is 0 Å². The first-order chi connectivity index (χ1) is 15.0. The number of methoxy groups -OCH3 is 3. The number of carbonyl (C=O) groups is 1. The number of carbonyl (C=O) groups excluding carboxylic acids is 1. The van der Waals surface area contributed by atoms with Crippen LogP contribution in [0.3, 0.4) is 0 Å². The van der Waals surface area contributed by atoms with E-state index in [1.165, 1.54) is 6.08 Å². The first-order valence-electron chi connectivity index (χ1n) is 9.93. The second kappa shape index (κ2) is 9.85. The molecule has 1 amide bonds. The Labute approximate surface area is 183 Å². The Morgan fingerprint density at radius 3 is 1.71 bits per heavy atom. The molecule has 3 aromatic rings. The van der Waals surface area contributed by atoms with Gasteiger partial charge in [0.15, 0.2) is 11.5 Å². The molecule has 0 bridgehead atoms. The van der Waals surface area contributed by atoms with Gasteiger partial charge in [0.2, 0.25) is 11.7 Å². The minimum Gasteiger partial charge on any atom is -0.493 e. The molecule has 0 spiro atoms. The molecule has 5 nitrogen and oxygen atoms in total. The highest BCUT2D eigenvalue weighted by molar-refractivity contribution is 5.93. The topological polar surface area (TPSA) is 56.8 Å². The van der Waals surface area contributed by atoms with Gasteiger partial charge in [0, 0.05) is 6.08 Å². The molecule has 3 aromatic carbocycles. The van der Waals surface area contributed by atoms with Gasteiger partial charge in [0.05, 0.1) is 26.9 Å². The van der Waals surface area contributed by atoms with E-state index in [9.17, 15) is 4.79 Å². The normalized spacial score (nSPS) is 11.2. The monoisotopic (exact) mass is 417 g/mol. The molecule has 0 saturated heterocycles. The minimum absolute atomic E-state index is 0.219. The SMILES string of the molecule is COc1cc(/C=C/C(=O)NC(C)(c2ccccc2)c2ccccc2)cc(OC)c1OC. The Morgan fingerprint density at radius 1 is 0.806 bits per heavy atom. The lowest BCUT2D eigenvalue weighted by Gasteiger charge is -2.31. The first-order valence-corrected chi connectivity index (χ1v) is 9.93. The van der Waals surface area contributed by atoms with Crippen LogP contribution >= 0.6 is 0 Å². The molecule has 3 rings (SSSR count). The van der Waals surface area contributed by atoms with Crippen molar-refractivity contribution < 1.29 is 19.0 Å². The largest absolute Gasteiger partial charge is 0.493 e. The van der Waals surface area contributed by atoms with Gasteiger partial charge >= 0.3 is 0 Å². The zero-order valence-corrected chi connectivity index (χ0v) is 18.2. The molecule has 160 valence electrons. The van der Waals surface area contributed by atoms with Crippen LogP contribution in [0.5, 0.6) is 17.2 Å². The van der Waals surface area contributed by atoms with Gasteiger partial charge in [-0.25, -0.2) is 0 Å². The summed E-state index contributed by atoms with van der Waals surface area (Å²) in [6.07, 6.45) is 3.22. The first kappa shape index (κ1) is 22.0. The summed E-state index contributed by atoms with van der Waals surface area (Å²) in [5, 5.41) is 3.16. The lowest BCUT2D eigenvalue weighted by atomic mass is 9.84. The van der Waals surface area contributed by atoms with Crippen molar-refractivity contribution in [3.05, 3.63) is 95.6 Å². The molecule has 0 aromatic heterocycles. The van der Waals surface area contributed by atoms with Crippen LogP contribution in [0.15, 0.2) is 78.9 Å². The molecule has 0 aliphatic heterocycles. The minimum atomic E-state index is -0.681. The van der Waals surface area contributed by atoms with Crippen molar-refractivity contribution >= 4 is 12.0 Å². The third-order valence-corrected chi connectivity index (χ3v) is 5.19. The maximum Gasteiger partial charge on any atom is 0.244 e. The number of amides is 1. The van der Waals surface area contributed by atoms with Crippen molar-refractivity contribution in [3.8, 4) is 17.2 Å². The molecule has 0 unspecified atom stereocenters. The van der Waals surface area contributed by atoms with Gasteiger partial charge < -0.3 is 19.5 Å². The van der Waals surface area contributed by atoms with Gasteiger partial charge in [-0.1, -0.05) is 60.7 Å². The lowest BCUT2D eigenvalue weighted by Crippen LogP contribution is -2.43. The summed E-state index contributed by atoms with van der Waals surface area (Å²) in [5.74, 6) is 1.34. The second-order valence-electron chi connectivity index (χ2n) is 7.14. The predicted octanol–water partition coefficient (Wildman–Crippen LogP) is 4.81. The van der Waals surface area contributed by atoms with Gasteiger partial charge in [-0.15, -0.1) is 0 Å². The Balaban J connectivity index is 1.89. The van der Waals surface area contributed by atoms with E-state index in [1.54, 1.807) is 39.5 Å². The van der Waals surface area contributed by atoms with Crippen LogP contribution in [0.25, 0.3) is 6.08 Å². The van der Waals surface area contributed by atoms with Crippen LogP contribution in [-0.2, 0) is 10.3 Å². The molecule has 0 aliphatic rings. The lowest BCUT2D eigenvalue weighted by molar-refractivity contribution is -0.117. The third-order valence-electron chi connectivity index (χ3n) is 5.19. The van der Waals surface area contributed by atoms with Crippen LogP contribution in [0, 0.1) is 0 Å². The molecule has 0 fully saturated rings. The average Bonchev–Trinajstić information content (AvgIpc) is 2.82. The van der Waals surface area contributed by atoms with Gasteiger partial charge in [-0.2, -0.15) is 0 Å². The summed E-state index contributed by atoms with van der Waals surface area (Å²) >= 11 is 0. The molecule has 5 heteroatoms. The predicted molar refractivity (Wildman–Crippen MR) is 123 cm³/mol. The fourth-order valence-electron chi connectivity index (χ4n) is 3.51. The number of hydrogen-bond acceptors (Lipinski definition) is 4. The zero-order valence-electron chi connectivity index (χ0n) is 18.2. The summed E-state index contributed by atoms with van der Waals surface area (Å²) in [7, 11) is 4.67. The Morgan fingerprint density at radius 2 is 1.29 bits per heavy atom. The van der Waals surface area contributed by atoms with E-state index in [0.717, 1.165) is 16.7 Å². The van der Waals surface area contributed by atoms with E-state index in [-0.39, 0.29) is 5.91 Å². The average molecular weight is 418 g/mol. The molecule has 0 heterocycles. The molecular formula is C26H27NO4. The molecule has 31 heavy (non-hydrogen) atoms. The molecule has 0 aliphatic carbocycles. The summed E-state index contributed by atoms with van der Waals surface area (Å²) in [5.41, 5.74) is 2.07. The van der Waals surface area contributed by atoms with E-state index in [2.05, 4.69) is 5.32 Å². The van der Waals surface area contributed by atoms with E-state index < -0.39 is 5.54 Å². The van der Waals surface area contributed by atoms with Crippen molar-refractivity contribution in [1.29, 1.82) is 0 Å². The highest BCUT2D eigenvalue weighted by atomic mass is 16.5. The van der Waals surface area contributed by atoms with E-state index in [0.29, 0.717) is 17.2 Å². The molecular weight excluding hydrogens is 390 g/mol. The summed E-state index contributed by atoms with van der Waals surface area (Å²) in [6, 6.07) is 23.4. The number of hydrogen-bond donors (Lipinski definition) is 1. The second-order valence-corrected chi connectivity index (χ2v) is 7.14. The Bertz CT molecular complexity index is 981. The Hall–Kier alpha value is -3.73. The van der Waals surface area contributed by atoms with E-state index >= 15 is 0 Å². The van der Waals surface area contributed by atoms with Crippen LogP contribution in [0.1, 0.15) is 23.6 Å². The van der Waals surface area contributed by atoms with Crippen LogP contribution < -0.4 is 19.5 Å². The van der Waals surface area contributed by atoms with E-state index in [1.807, 2.05) is 67.6 Å². The van der Waals surface area contributed by atoms with Crippen molar-refractivity contribution in [2.24, 2.45) is 0 Å². The molecule has 1 N–H and O–H groups in total. The number of nitrogens with one attached hydrogen (secondary N) is 1. The number of benzene rings is 3. The van der Waals surface area contributed by atoms with Gasteiger partial charge in [0.25, 0.3) is 0 Å². The van der Waals surface area contributed by atoms with Gasteiger partial charge in [-0.05, 0) is 41.8 Å². The fourth-order valence-corrected chi connectivity index (χ4v) is 3.51. The molecule has 0 saturated carbocycles. The maximum absolute atomic E-state index is 12.9. The standard InChI is InChI=1S/C26H27NO4/c1-26(20-11-7-5-8-12-20,21-13-9-6-10-14-21)27-24(28)16-15-19-17-22(29-2)25(31-4)23(18-19)30-3/h5-18H,1-4H3,(H,27,28)/b16-15+. The molecule has 0 radical (unpaired) electrons. The van der Waals surface area contributed by atoms with Crippen molar-refractivity contribution in [2.45, 2.75) is 12.5 Å². The van der Waals surface area contributed by atoms with Crippen LogP contribution in [0.2, 0.25) is 0 Å². The van der Waals surface area contributed by atoms with Crippen LogP contribution in [-0.4, -0.2) is 27.2 Å². The van der Waals surface area contributed by atoms with E-state index in [4.69, 9.17) is 14.2 Å². The summed E-state index contributed by atoms with van der Waals surface area (Å²) in [4.78, 5) is 12.9.